The van der Waals surface area contributed by atoms with Gasteiger partial charge in [-0.3, -0.25) is 9.59 Å². The van der Waals surface area contributed by atoms with Crippen molar-refractivity contribution in [3.8, 4) is 16.9 Å². The number of nitrogens with zero attached hydrogens (tertiary/aromatic N) is 1. The number of aliphatic carboxylic acids is 1. The smallest absolute Gasteiger partial charge is 0.419 e. The van der Waals surface area contributed by atoms with Crippen molar-refractivity contribution >= 4 is 17.8 Å². The number of hydrogen-bond donors (Lipinski definition) is 2. The summed E-state index contributed by atoms with van der Waals surface area (Å²) in [6, 6.07) is 22.3. The first-order valence-electron chi connectivity index (χ1n) is 17.0. The number of ether oxygens (including phenoxy) is 1. The SMILES string of the molecule is O=C(N[C@@H](Cc1ccc(-c2ccccc2)cc1)C(=O)O)C1c2cc(OCc3cccc(F)c3C(F)(F)F)ccc2CCN1C(=O)CC1CCCC1. The molecule has 0 radical (unpaired) electrons. The quantitative estimate of drug-likeness (QED) is 0.155. The fraction of sp³-hybridized carbons (Fsp3) is 0.325. The zero-order chi connectivity index (χ0) is 36.1. The molecule has 7 nitrogen and oxygen atoms in total. The molecular weight excluding hydrogens is 664 g/mol. The summed E-state index contributed by atoms with van der Waals surface area (Å²) in [5, 5.41) is 12.8. The van der Waals surface area contributed by atoms with Crippen LogP contribution in [0.25, 0.3) is 11.1 Å². The number of rotatable bonds is 11. The Morgan fingerprint density at radius 3 is 2.29 bits per heavy atom. The topological polar surface area (TPSA) is 95.9 Å². The molecule has 51 heavy (non-hydrogen) atoms. The lowest BCUT2D eigenvalue weighted by atomic mass is 9.90. The third-order valence-electron chi connectivity index (χ3n) is 9.75. The highest BCUT2D eigenvalue weighted by Gasteiger charge is 2.39. The summed E-state index contributed by atoms with van der Waals surface area (Å²) in [6.45, 7) is -0.371. The van der Waals surface area contributed by atoms with Crippen LogP contribution in [-0.2, 0) is 40.0 Å². The van der Waals surface area contributed by atoms with Crippen LogP contribution < -0.4 is 10.1 Å². The molecule has 0 saturated heterocycles. The predicted molar refractivity (Wildman–Crippen MR) is 182 cm³/mol. The largest absolute Gasteiger partial charge is 0.489 e. The second-order valence-corrected chi connectivity index (χ2v) is 13.2. The van der Waals surface area contributed by atoms with E-state index in [9.17, 15) is 37.1 Å². The lowest BCUT2D eigenvalue weighted by Crippen LogP contribution is -2.51. The normalized spacial score (nSPS) is 16.7. The van der Waals surface area contributed by atoms with Gasteiger partial charge >= 0.3 is 12.1 Å². The molecule has 266 valence electrons. The van der Waals surface area contributed by atoms with Crippen molar-refractivity contribution in [3.63, 3.8) is 0 Å². The van der Waals surface area contributed by atoms with Crippen LogP contribution >= 0.6 is 0 Å². The van der Waals surface area contributed by atoms with Gasteiger partial charge in [0.2, 0.25) is 11.8 Å². The number of hydrogen-bond acceptors (Lipinski definition) is 4. The van der Waals surface area contributed by atoms with Crippen molar-refractivity contribution in [2.45, 2.75) is 69.8 Å². The fourth-order valence-corrected chi connectivity index (χ4v) is 7.13. The van der Waals surface area contributed by atoms with Gasteiger partial charge in [-0.25, -0.2) is 9.18 Å². The van der Waals surface area contributed by atoms with Crippen LogP contribution in [0.15, 0.2) is 91.0 Å². The van der Waals surface area contributed by atoms with Crippen LogP contribution in [0.3, 0.4) is 0 Å². The zero-order valence-electron chi connectivity index (χ0n) is 27.8. The number of benzene rings is 4. The molecule has 1 heterocycles. The molecule has 1 aliphatic carbocycles. The average molecular weight is 703 g/mol. The van der Waals surface area contributed by atoms with Crippen LogP contribution in [-0.4, -0.2) is 40.4 Å². The number of amides is 2. The average Bonchev–Trinajstić information content (AvgIpc) is 3.63. The molecule has 0 spiro atoms. The zero-order valence-corrected chi connectivity index (χ0v) is 27.8. The molecule has 11 heteroatoms. The van der Waals surface area contributed by atoms with Crippen molar-refractivity contribution in [2.75, 3.05) is 6.54 Å². The molecule has 2 N–H and O–H groups in total. The van der Waals surface area contributed by atoms with Crippen LogP contribution in [0.4, 0.5) is 17.6 Å². The van der Waals surface area contributed by atoms with Gasteiger partial charge in [-0.05, 0) is 71.2 Å². The Hall–Kier alpha value is -5.19. The maximum absolute atomic E-state index is 14.2. The second-order valence-electron chi connectivity index (χ2n) is 13.2. The van der Waals surface area contributed by atoms with E-state index in [1.54, 1.807) is 12.1 Å². The summed E-state index contributed by atoms with van der Waals surface area (Å²) < 4.78 is 60.8. The molecule has 6 rings (SSSR count). The number of carbonyl (C=O) groups excluding carboxylic acids is 2. The van der Waals surface area contributed by atoms with Crippen LogP contribution in [0.2, 0.25) is 0 Å². The minimum atomic E-state index is -4.94. The Balaban J connectivity index is 1.26. The number of fused-ring (bicyclic) bond motifs is 1. The summed E-state index contributed by atoms with van der Waals surface area (Å²) in [5.41, 5.74) is 1.94. The second kappa shape index (κ2) is 15.4. The van der Waals surface area contributed by atoms with E-state index in [0.717, 1.165) is 54.5 Å². The van der Waals surface area contributed by atoms with E-state index in [1.165, 1.54) is 17.0 Å². The Morgan fingerprint density at radius 2 is 1.61 bits per heavy atom. The highest BCUT2D eigenvalue weighted by atomic mass is 19.4. The first-order valence-corrected chi connectivity index (χ1v) is 17.0. The fourth-order valence-electron chi connectivity index (χ4n) is 7.13. The Morgan fingerprint density at radius 1 is 0.902 bits per heavy atom. The van der Waals surface area contributed by atoms with E-state index in [4.69, 9.17) is 4.74 Å². The van der Waals surface area contributed by atoms with Crippen LogP contribution in [0.1, 0.15) is 66.0 Å². The molecule has 0 aromatic heterocycles. The summed E-state index contributed by atoms with van der Waals surface area (Å²) in [7, 11) is 0. The first-order chi connectivity index (χ1) is 24.5. The minimum absolute atomic E-state index is 0.00986. The van der Waals surface area contributed by atoms with Gasteiger partial charge < -0.3 is 20.1 Å². The molecular formula is C40H38F4N2O5. The Kier molecular flexibility index (Phi) is 10.7. The maximum atomic E-state index is 14.2. The molecule has 2 aliphatic rings. The number of carboxylic acids is 1. The maximum Gasteiger partial charge on any atom is 0.419 e. The molecule has 4 aromatic rings. The van der Waals surface area contributed by atoms with Crippen molar-refractivity contribution in [2.24, 2.45) is 5.92 Å². The van der Waals surface area contributed by atoms with Crippen molar-refractivity contribution in [3.05, 3.63) is 125 Å². The molecule has 1 aliphatic heterocycles. The van der Waals surface area contributed by atoms with Gasteiger partial charge in [-0.1, -0.05) is 85.6 Å². The lowest BCUT2D eigenvalue weighted by Gasteiger charge is -2.37. The van der Waals surface area contributed by atoms with Crippen molar-refractivity contribution in [1.82, 2.24) is 10.2 Å². The molecule has 4 aromatic carbocycles. The van der Waals surface area contributed by atoms with Gasteiger partial charge in [0.25, 0.3) is 0 Å². The minimum Gasteiger partial charge on any atom is -0.489 e. The van der Waals surface area contributed by atoms with Gasteiger partial charge in [-0.2, -0.15) is 13.2 Å². The molecule has 2 atom stereocenters. The van der Waals surface area contributed by atoms with E-state index >= 15 is 0 Å². The van der Waals surface area contributed by atoms with E-state index in [1.807, 2.05) is 54.6 Å². The molecule has 1 unspecified atom stereocenters. The highest BCUT2D eigenvalue weighted by molar-refractivity contribution is 5.92. The van der Waals surface area contributed by atoms with E-state index in [2.05, 4.69) is 5.32 Å². The van der Waals surface area contributed by atoms with Crippen molar-refractivity contribution in [1.29, 1.82) is 0 Å². The van der Waals surface area contributed by atoms with Crippen LogP contribution in [0.5, 0.6) is 5.75 Å². The summed E-state index contributed by atoms with van der Waals surface area (Å²) in [4.78, 5) is 41.9. The van der Waals surface area contributed by atoms with Gasteiger partial charge in [-0.15, -0.1) is 0 Å². The lowest BCUT2D eigenvalue weighted by molar-refractivity contribution is -0.145. The third-order valence-corrected chi connectivity index (χ3v) is 9.75. The van der Waals surface area contributed by atoms with Gasteiger partial charge in [0, 0.05) is 24.9 Å². The van der Waals surface area contributed by atoms with E-state index < -0.39 is 53.7 Å². The van der Waals surface area contributed by atoms with E-state index in [0.29, 0.717) is 17.5 Å². The van der Waals surface area contributed by atoms with Gasteiger partial charge in [0.15, 0.2) is 0 Å². The van der Waals surface area contributed by atoms with Gasteiger partial charge in [0.05, 0.1) is 5.56 Å². The van der Waals surface area contributed by atoms with E-state index in [-0.39, 0.29) is 37.0 Å². The van der Waals surface area contributed by atoms with Crippen molar-refractivity contribution < 1.29 is 41.8 Å². The monoisotopic (exact) mass is 702 g/mol. The highest BCUT2D eigenvalue weighted by Crippen LogP contribution is 2.37. The summed E-state index contributed by atoms with van der Waals surface area (Å²) in [6.07, 6.45) is -0.403. The Bertz CT molecular complexity index is 1870. The number of nitrogens with one attached hydrogen (secondary N) is 1. The molecule has 1 fully saturated rings. The van der Waals surface area contributed by atoms with Gasteiger partial charge in [0.1, 0.15) is 30.3 Å². The summed E-state index contributed by atoms with van der Waals surface area (Å²) >= 11 is 0. The third kappa shape index (κ3) is 8.41. The standard InChI is InChI=1S/C40H38F4N2O5/c41-33-12-6-11-30(36(33)40(42,43)44)24-51-31-18-17-29-19-20-46(35(47)22-25-7-4-5-8-25)37(32(29)23-31)38(48)45-34(39(49)50)21-26-13-15-28(16-14-26)27-9-2-1-3-10-27/h1-3,6,9-18,23,25,34,37H,4-5,7-8,19-22,24H2,(H,45,48)(H,49,50)/t34-,37?/m0/s1. The number of alkyl halides is 3. The van der Waals surface area contributed by atoms with Crippen LogP contribution in [0, 0.1) is 11.7 Å². The predicted octanol–water partition coefficient (Wildman–Crippen LogP) is 7.91. The molecule has 2 amide bonds. The number of halogens is 4. The number of carboxylic acid groups (broad SMARTS) is 1. The molecule has 1 saturated carbocycles. The molecule has 0 bridgehead atoms. The number of carbonyl (C=O) groups is 3. The summed E-state index contributed by atoms with van der Waals surface area (Å²) in [5.74, 6) is -3.27. The Labute approximate surface area is 293 Å². The first kappa shape index (κ1) is 35.6.